The number of aryl methyl sites for hydroxylation is 1. The van der Waals surface area contributed by atoms with Gasteiger partial charge in [-0.15, -0.1) is 0 Å². The van der Waals surface area contributed by atoms with Crippen LogP contribution in [0.4, 0.5) is 17.2 Å². The van der Waals surface area contributed by atoms with Crippen LogP contribution >= 0.6 is 0 Å². The summed E-state index contributed by atoms with van der Waals surface area (Å²) in [4.78, 5) is 26.8. The molecule has 7 nitrogen and oxygen atoms in total. The van der Waals surface area contributed by atoms with Gasteiger partial charge in [0.1, 0.15) is 11.5 Å². The van der Waals surface area contributed by atoms with Crippen LogP contribution in [-0.2, 0) is 0 Å². The van der Waals surface area contributed by atoms with E-state index in [0.29, 0.717) is 5.82 Å². The predicted octanol–water partition coefficient (Wildman–Crippen LogP) is 2.59. The number of carbonyl (C=O) groups is 1. The molecule has 2 N–H and O–H groups in total. The molecule has 0 saturated carbocycles. The number of pyridine rings is 1. The Hall–Kier alpha value is -2.96. The van der Waals surface area contributed by atoms with E-state index in [-0.39, 0.29) is 16.9 Å². The minimum absolute atomic E-state index is 0.150. The number of nitro groups is 1. The molecule has 0 fully saturated rings. The highest BCUT2D eigenvalue weighted by Crippen LogP contribution is 2.28. The summed E-state index contributed by atoms with van der Waals surface area (Å²) >= 11 is 0. The van der Waals surface area contributed by atoms with Gasteiger partial charge in [-0.3, -0.25) is 14.9 Å². The Morgan fingerprint density at radius 2 is 2.05 bits per heavy atom. The molecule has 1 heterocycles. The fraction of sp³-hybridized carbons (Fsp3) is 0.143. The maximum Gasteiger partial charge on any atom is 0.293 e. The summed E-state index contributed by atoms with van der Waals surface area (Å²) < 4.78 is 0. The number of aromatic nitrogens is 1. The zero-order valence-electron chi connectivity index (χ0n) is 11.6. The summed E-state index contributed by atoms with van der Waals surface area (Å²) in [5.41, 5.74) is 1.02. The molecule has 2 aromatic rings. The van der Waals surface area contributed by atoms with E-state index in [2.05, 4.69) is 15.6 Å². The van der Waals surface area contributed by atoms with Crippen molar-refractivity contribution in [3.8, 4) is 0 Å². The normalized spacial score (nSPS) is 10.0. The number of anilines is 2. The second kappa shape index (κ2) is 6.00. The van der Waals surface area contributed by atoms with Gasteiger partial charge in [-0.2, -0.15) is 0 Å². The Labute approximate surface area is 121 Å². The molecule has 21 heavy (non-hydrogen) atoms. The lowest BCUT2D eigenvalue weighted by atomic mass is 10.1. The predicted molar refractivity (Wildman–Crippen MR) is 79.6 cm³/mol. The second-order valence-corrected chi connectivity index (χ2v) is 4.33. The lowest BCUT2D eigenvalue weighted by Gasteiger charge is -2.10. The Balaban J connectivity index is 2.38. The largest absolute Gasteiger partial charge is 0.382 e. The second-order valence-electron chi connectivity index (χ2n) is 4.33. The van der Waals surface area contributed by atoms with Crippen LogP contribution in [0.25, 0.3) is 0 Å². The Bertz CT molecular complexity index is 700. The van der Waals surface area contributed by atoms with Gasteiger partial charge in [0.15, 0.2) is 0 Å². The molecule has 0 atom stereocenters. The molecule has 0 aliphatic rings. The summed E-state index contributed by atoms with van der Waals surface area (Å²) in [6.45, 7) is 1.81. The molecule has 0 saturated heterocycles. The van der Waals surface area contributed by atoms with Crippen molar-refractivity contribution in [1.29, 1.82) is 0 Å². The fourth-order valence-corrected chi connectivity index (χ4v) is 1.94. The molecular weight excluding hydrogens is 272 g/mol. The highest BCUT2D eigenvalue weighted by atomic mass is 16.6. The van der Waals surface area contributed by atoms with E-state index in [1.54, 1.807) is 12.3 Å². The highest BCUT2D eigenvalue weighted by Gasteiger charge is 2.21. The molecular formula is C14H14N4O3. The summed E-state index contributed by atoms with van der Waals surface area (Å²) in [5, 5.41) is 16.3. The zero-order valence-corrected chi connectivity index (χ0v) is 11.6. The van der Waals surface area contributed by atoms with Gasteiger partial charge in [-0.25, -0.2) is 4.98 Å². The first-order valence-electron chi connectivity index (χ1n) is 6.22. The molecule has 0 unspecified atom stereocenters. The number of amides is 1. The number of benzene rings is 1. The van der Waals surface area contributed by atoms with Crippen LogP contribution in [0.1, 0.15) is 15.9 Å². The summed E-state index contributed by atoms with van der Waals surface area (Å²) in [6.07, 6.45) is 1.56. The molecule has 7 heteroatoms. The van der Waals surface area contributed by atoms with Crippen molar-refractivity contribution < 1.29 is 9.72 Å². The summed E-state index contributed by atoms with van der Waals surface area (Å²) in [5.74, 6) is -0.0269. The van der Waals surface area contributed by atoms with Gasteiger partial charge in [0.05, 0.1) is 10.5 Å². The number of carbonyl (C=O) groups excluding carboxylic acids is 1. The van der Waals surface area contributed by atoms with E-state index in [4.69, 9.17) is 0 Å². The van der Waals surface area contributed by atoms with Gasteiger partial charge in [0, 0.05) is 19.3 Å². The van der Waals surface area contributed by atoms with Crippen LogP contribution in [0.3, 0.4) is 0 Å². The van der Waals surface area contributed by atoms with Crippen molar-refractivity contribution in [3.63, 3.8) is 0 Å². The van der Waals surface area contributed by atoms with Crippen LogP contribution in [-0.4, -0.2) is 22.9 Å². The molecule has 0 spiro atoms. The van der Waals surface area contributed by atoms with Crippen molar-refractivity contribution in [2.45, 2.75) is 6.92 Å². The molecule has 0 aliphatic heterocycles. The molecule has 108 valence electrons. The van der Waals surface area contributed by atoms with Gasteiger partial charge >= 0.3 is 0 Å². The van der Waals surface area contributed by atoms with Gasteiger partial charge in [-0.1, -0.05) is 12.1 Å². The van der Waals surface area contributed by atoms with Gasteiger partial charge < -0.3 is 10.6 Å². The van der Waals surface area contributed by atoms with Crippen LogP contribution in [0.15, 0.2) is 36.5 Å². The van der Waals surface area contributed by atoms with Crippen molar-refractivity contribution in [2.75, 3.05) is 17.7 Å². The van der Waals surface area contributed by atoms with Crippen molar-refractivity contribution in [1.82, 2.24) is 4.98 Å². The topological polar surface area (TPSA) is 97.2 Å². The van der Waals surface area contributed by atoms with Crippen LogP contribution in [0.5, 0.6) is 0 Å². The first kappa shape index (κ1) is 14.4. The quantitative estimate of drug-likeness (QED) is 0.665. The van der Waals surface area contributed by atoms with Crippen molar-refractivity contribution in [2.24, 2.45) is 0 Å². The van der Waals surface area contributed by atoms with Crippen molar-refractivity contribution in [3.05, 3.63) is 57.8 Å². The van der Waals surface area contributed by atoms with E-state index < -0.39 is 10.8 Å². The number of nitrogens with one attached hydrogen (secondary N) is 2. The third-order valence-corrected chi connectivity index (χ3v) is 2.98. The average Bonchev–Trinajstić information content (AvgIpc) is 2.48. The maximum atomic E-state index is 12.3. The number of rotatable bonds is 4. The van der Waals surface area contributed by atoms with E-state index in [1.165, 1.54) is 25.2 Å². The van der Waals surface area contributed by atoms with Gasteiger partial charge in [0.2, 0.25) is 0 Å². The minimum atomic E-state index is -0.533. The zero-order chi connectivity index (χ0) is 15.4. The molecule has 1 amide bonds. The number of nitro benzene ring substituents is 1. The SMILES string of the molecule is CNc1c(C(=O)Nc2ncccc2C)cccc1[N+](=O)[O-]. The van der Waals surface area contributed by atoms with E-state index in [0.717, 1.165) is 5.56 Å². The van der Waals surface area contributed by atoms with Crippen LogP contribution in [0, 0.1) is 17.0 Å². The smallest absolute Gasteiger partial charge is 0.293 e. The van der Waals surface area contributed by atoms with Gasteiger partial charge in [0.25, 0.3) is 11.6 Å². The third kappa shape index (κ3) is 2.97. The molecule has 0 aliphatic carbocycles. The number of nitrogens with zero attached hydrogens (tertiary/aromatic N) is 2. The lowest BCUT2D eigenvalue weighted by Crippen LogP contribution is -2.16. The van der Waals surface area contributed by atoms with Crippen molar-refractivity contribution >= 4 is 23.1 Å². The van der Waals surface area contributed by atoms with Crippen LogP contribution in [0.2, 0.25) is 0 Å². The van der Waals surface area contributed by atoms with E-state index >= 15 is 0 Å². The Morgan fingerprint density at radius 3 is 2.67 bits per heavy atom. The molecule has 1 aromatic carbocycles. The monoisotopic (exact) mass is 286 g/mol. The van der Waals surface area contributed by atoms with E-state index in [1.807, 2.05) is 13.0 Å². The molecule has 0 radical (unpaired) electrons. The molecule has 1 aromatic heterocycles. The average molecular weight is 286 g/mol. The lowest BCUT2D eigenvalue weighted by molar-refractivity contribution is -0.384. The standard InChI is InChI=1S/C14H14N4O3/c1-9-5-4-8-16-13(9)17-14(19)10-6-3-7-11(18(20)21)12(10)15-2/h3-8,15H,1-2H3,(H,16,17,19). The molecule has 0 bridgehead atoms. The highest BCUT2D eigenvalue weighted by molar-refractivity contribution is 6.09. The van der Waals surface area contributed by atoms with Crippen LogP contribution < -0.4 is 10.6 Å². The first-order valence-corrected chi connectivity index (χ1v) is 6.22. The summed E-state index contributed by atoms with van der Waals surface area (Å²) in [6, 6.07) is 7.91. The number of hydrogen-bond acceptors (Lipinski definition) is 5. The molecule has 2 rings (SSSR count). The number of para-hydroxylation sites is 1. The fourth-order valence-electron chi connectivity index (χ4n) is 1.94. The minimum Gasteiger partial charge on any atom is -0.382 e. The van der Waals surface area contributed by atoms with Gasteiger partial charge in [-0.05, 0) is 24.6 Å². The summed E-state index contributed by atoms with van der Waals surface area (Å²) in [7, 11) is 1.53. The Kier molecular flexibility index (Phi) is 4.13. The Morgan fingerprint density at radius 1 is 1.29 bits per heavy atom. The van der Waals surface area contributed by atoms with E-state index in [9.17, 15) is 14.9 Å². The first-order chi connectivity index (χ1) is 10.0. The maximum absolute atomic E-state index is 12.3. The third-order valence-electron chi connectivity index (χ3n) is 2.98. The number of hydrogen-bond donors (Lipinski definition) is 2.